The lowest BCUT2D eigenvalue weighted by Crippen LogP contribution is -2.43. The van der Waals surface area contributed by atoms with Crippen LogP contribution in [0.2, 0.25) is 0 Å². The van der Waals surface area contributed by atoms with Gasteiger partial charge >= 0.3 is 18.3 Å². The number of imide groups is 1. The first-order valence-corrected chi connectivity index (χ1v) is 11.4. The molecule has 0 aliphatic rings. The van der Waals surface area contributed by atoms with E-state index in [-0.39, 0.29) is 18.1 Å². The van der Waals surface area contributed by atoms with Gasteiger partial charge in [-0.05, 0) is 71.4 Å². The predicted octanol–water partition coefficient (Wildman–Crippen LogP) is 5.20. The minimum atomic E-state index is -1.07. The average molecular weight is 516 g/mol. The summed E-state index contributed by atoms with van der Waals surface area (Å²) in [5.41, 5.74) is 5.32. The van der Waals surface area contributed by atoms with Crippen LogP contribution in [0.1, 0.15) is 52.7 Å². The van der Waals surface area contributed by atoms with Crippen LogP contribution >= 0.6 is 0 Å². The van der Waals surface area contributed by atoms with E-state index >= 15 is 0 Å². The van der Waals surface area contributed by atoms with Gasteiger partial charge in [-0.1, -0.05) is 29.4 Å². The van der Waals surface area contributed by atoms with E-state index in [1.165, 1.54) is 19.2 Å². The molecule has 2 N–H and O–H groups in total. The molecule has 0 saturated carbocycles. The standard InChI is InChI=1S/C26H33N3O8/c1-25(2,3)35-22(30)29(23(31)36-26(4,5)6)16-17-8-10-18(11-9-17)21(27)28-37-24(32)34-20-14-12-19(33-7)13-15-20/h8-15H,16H2,1-7H3,(H2,27,28). The van der Waals surface area contributed by atoms with Crippen molar-refractivity contribution in [1.82, 2.24) is 4.90 Å². The van der Waals surface area contributed by atoms with E-state index in [9.17, 15) is 14.4 Å². The molecular weight excluding hydrogens is 482 g/mol. The molecule has 0 fully saturated rings. The van der Waals surface area contributed by atoms with E-state index in [2.05, 4.69) is 5.16 Å². The highest BCUT2D eigenvalue weighted by Gasteiger charge is 2.31. The van der Waals surface area contributed by atoms with E-state index in [1.807, 2.05) is 0 Å². The van der Waals surface area contributed by atoms with E-state index < -0.39 is 29.5 Å². The van der Waals surface area contributed by atoms with Crippen LogP contribution in [0.5, 0.6) is 11.5 Å². The van der Waals surface area contributed by atoms with Crippen LogP contribution in [-0.2, 0) is 20.9 Å². The van der Waals surface area contributed by atoms with Crippen LogP contribution in [-0.4, -0.2) is 47.4 Å². The Kier molecular flexibility index (Phi) is 9.48. The summed E-state index contributed by atoms with van der Waals surface area (Å²) in [6.45, 7) is 10.1. The van der Waals surface area contributed by atoms with E-state index in [1.54, 1.807) is 77.9 Å². The van der Waals surface area contributed by atoms with E-state index in [0.29, 0.717) is 16.9 Å². The molecule has 11 heteroatoms. The van der Waals surface area contributed by atoms with Crippen molar-refractivity contribution in [1.29, 1.82) is 0 Å². The normalized spacial score (nSPS) is 11.8. The molecule has 0 aliphatic heterocycles. The zero-order valence-corrected chi connectivity index (χ0v) is 22.1. The molecule has 2 aromatic carbocycles. The summed E-state index contributed by atoms with van der Waals surface area (Å²) in [6, 6.07) is 12.8. The molecule has 0 saturated heterocycles. The Balaban J connectivity index is 2.06. The molecule has 0 aromatic heterocycles. The monoisotopic (exact) mass is 515 g/mol. The molecule has 0 aliphatic carbocycles. The molecule has 0 spiro atoms. The van der Waals surface area contributed by atoms with Gasteiger partial charge in [0.05, 0.1) is 13.7 Å². The SMILES string of the molecule is COc1ccc(OC(=O)O/N=C(/N)c2ccc(CN(C(=O)OC(C)(C)C)C(=O)OC(C)(C)C)cc2)cc1. The van der Waals surface area contributed by atoms with Gasteiger partial charge in [-0.2, -0.15) is 0 Å². The van der Waals surface area contributed by atoms with E-state index in [0.717, 1.165) is 4.90 Å². The molecule has 0 radical (unpaired) electrons. The molecule has 0 unspecified atom stereocenters. The number of hydrogen-bond acceptors (Lipinski definition) is 9. The maximum absolute atomic E-state index is 12.7. The van der Waals surface area contributed by atoms with Crippen LogP contribution in [0.4, 0.5) is 14.4 Å². The van der Waals surface area contributed by atoms with Gasteiger partial charge in [-0.15, -0.1) is 0 Å². The molecule has 2 amide bonds. The zero-order chi connectivity index (χ0) is 27.8. The summed E-state index contributed by atoms with van der Waals surface area (Å²) < 4.78 is 20.8. The predicted molar refractivity (Wildman–Crippen MR) is 135 cm³/mol. The minimum Gasteiger partial charge on any atom is -0.497 e. The van der Waals surface area contributed by atoms with Gasteiger partial charge in [-0.3, -0.25) is 4.84 Å². The Bertz CT molecular complexity index is 1090. The van der Waals surface area contributed by atoms with Crippen molar-refractivity contribution in [3.63, 3.8) is 0 Å². The van der Waals surface area contributed by atoms with Crippen LogP contribution in [0.3, 0.4) is 0 Å². The Morgan fingerprint density at radius 2 is 1.30 bits per heavy atom. The summed E-state index contributed by atoms with van der Waals surface area (Å²) >= 11 is 0. The van der Waals surface area contributed by atoms with Gasteiger partial charge in [-0.25, -0.2) is 19.3 Å². The molecular formula is C26H33N3O8. The number of carbonyl (C=O) groups excluding carboxylic acids is 3. The fourth-order valence-corrected chi connectivity index (χ4v) is 2.70. The lowest BCUT2D eigenvalue weighted by Gasteiger charge is -2.28. The highest BCUT2D eigenvalue weighted by Crippen LogP contribution is 2.19. The Morgan fingerprint density at radius 1 is 0.811 bits per heavy atom. The summed E-state index contributed by atoms with van der Waals surface area (Å²) in [5.74, 6) is 0.754. The molecule has 2 aromatic rings. The van der Waals surface area contributed by atoms with Gasteiger partial charge in [0.25, 0.3) is 0 Å². The Labute approximate surface area is 216 Å². The third kappa shape index (κ3) is 10.1. The number of carbonyl (C=O) groups is 3. The molecule has 2 rings (SSSR count). The summed E-state index contributed by atoms with van der Waals surface area (Å²) in [6.07, 6.45) is -2.75. The van der Waals surface area contributed by atoms with Crippen molar-refractivity contribution in [3.8, 4) is 11.5 Å². The van der Waals surface area contributed by atoms with Crippen LogP contribution < -0.4 is 15.2 Å². The fraction of sp³-hybridized carbons (Fsp3) is 0.385. The van der Waals surface area contributed by atoms with Gasteiger partial charge in [0, 0.05) is 5.56 Å². The van der Waals surface area contributed by atoms with Crippen LogP contribution in [0.25, 0.3) is 0 Å². The van der Waals surface area contributed by atoms with E-state index in [4.69, 9.17) is 29.5 Å². The third-order valence-corrected chi connectivity index (χ3v) is 4.30. The number of hydrogen-bond donors (Lipinski definition) is 1. The van der Waals surface area contributed by atoms with Crippen molar-refractivity contribution >= 4 is 24.2 Å². The second kappa shape index (κ2) is 12.1. The highest BCUT2D eigenvalue weighted by atomic mass is 16.8. The summed E-state index contributed by atoms with van der Waals surface area (Å²) in [7, 11) is 1.52. The lowest BCUT2D eigenvalue weighted by atomic mass is 10.1. The zero-order valence-electron chi connectivity index (χ0n) is 22.1. The third-order valence-electron chi connectivity index (χ3n) is 4.30. The molecule has 37 heavy (non-hydrogen) atoms. The number of rotatable bonds is 6. The molecule has 11 nitrogen and oxygen atoms in total. The van der Waals surface area contributed by atoms with Crippen molar-refractivity contribution in [2.75, 3.05) is 7.11 Å². The molecule has 0 bridgehead atoms. The maximum Gasteiger partial charge on any atom is 0.540 e. The smallest absolute Gasteiger partial charge is 0.497 e. The first-order valence-electron chi connectivity index (χ1n) is 11.4. The van der Waals surface area contributed by atoms with Crippen molar-refractivity contribution in [2.45, 2.75) is 59.3 Å². The number of oxime groups is 1. The fourth-order valence-electron chi connectivity index (χ4n) is 2.70. The number of nitrogens with two attached hydrogens (primary N) is 1. The second-order valence-electron chi connectivity index (χ2n) is 9.84. The van der Waals surface area contributed by atoms with Crippen molar-refractivity contribution in [2.24, 2.45) is 10.9 Å². The minimum absolute atomic E-state index is 0.0885. The van der Waals surface area contributed by atoms with Crippen LogP contribution in [0, 0.1) is 0 Å². The van der Waals surface area contributed by atoms with Gasteiger partial charge in [0.1, 0.15) is 22.7 Å². The number of amidine groups is 1. The Hall–Kier alpha value is -4.28. The maximum atomic E-state index is 12.7. The summed E-state index contributed by atoms with van der Waals surface area (Å²) in [4.78, 5) is 42.8. The highest BCUT2D eigenvalue weighted by molar-refractivity contribution is 5.97. The number of nitrogens with zero attached hydrogens (tertiary/aromatic N) is 2. The van der Waals surface area contributed by atoms with Gasteiger partial charge in [0.15, 0.2) is 5.84 Å². The average Bonchev–Trinajstić information content (AvgIpc) is 2.79. The largest absolute Gasteiger partial charge is 0.540 e. The van der Waals surface area contributed by atoms with Gasteiger partial charge in [0.2, 0.25) is 0 Å². The number of methoxy groups -OCH3 is 1. The molecule has 0 atom stereocenters. The quantitative estimate of drug-likeness (QED) is 0.137. The van der Waals surface area contributed by atoms with Crippen molar-refractivity contribution < 1.29 is 38.2 Å². The second-order valence-corrected chi connectivity index (χ2v) is 9.84. The lowest BCUT2D eigenvalue weighted by molar-refractivity contribution is -0.000269. The Morgan fingerprint density at radius 3 is 1.76 bits per heavy atom. The first kappa shape index (κ1) is 29.0. The molecule has 0 heterocycles. The number of benzene rings is 2. The molecule has 200 valence electrons. The summed E-state index contributed by atoms with van der Waals surface area (Å²) in [5, 5.41) is 3.59. The first-order chi connectivity index (χ1) is 17.2. The van der Waals surface area contributed by atoms with Crippen LogP contribution in [0.15, 0.2) is 53.7 Å². The van der Waals surface area contributed by atoms with Crippen molar-refractivity contribution in [3.05, 3.63) is 59.7 Å². The topological polar surface area (TPSA) is 139 Å². The number of amides is 2. The number of ether oxygens (including phenoxy) is 4. The van der Waals surface area contributed by atoms with Gasteiger partial charge < -0.3 is 24.7 Å².